The lowest BCUT2D eigenvalue weighted by atomic mass is 9.66. The Kier molecular flexibility index (Phi) is 3.59. The molecule has 0 bridgehead atoms. The zero-order valence-electron chi connectivity index (χ0n) is 11.5. The summed E-state index contributed by atoms with van der Waals surface area (Å²) in [6.45, 7) is 0. The third-order valence-electron chi connectivity index (χ3n) is 4.26. The molecule has 1 aliphatic rings. The summed E-state index contributed by atoms with van der Waals surface area (Å²) in [6.07, 6.45) is 10.0. The van der Waals surface area contributed by atoms with Crippen LogP contribution in [0.1, 0.15) is 48.2 Å². The lowest BCUT2D eigenvalue weighted by Crippen LogP contribution is -2.38. The lowest BCUT2D eigenvalue weighted by Gasteiger charge is -2.36. The molecule has 102 valence electrons. The second-order valence-electron chi connectivity index (χ2n) is 5.43. The molecule has 3 heteroatoms. The Balaban J connectivity index is 2.05. The van der Waals surface area contributed by atoms with Gasteiger partial charge in [-0.3, -0.25) is 9.78 Å². The minimum Gasteiger partial charge on any atom is -0.291 e. The highest BCUT2D eigenvalue weighted by Gasteiger charge is 2.41. The van der Waals surface area contributed by atoms with E-state index < -0.39 is 5.41 Å². The Labute approximate surface area is 119 Å². The molecule has 3 rings (SSSR count). The summed E-state index contributed by atoms with van der Waals surface area (Å²) in [5.41, 5.74) is 1.20. The molecule has 1 heterocycles. The van der Waals surface area contributed by atoms with Crippen LogP contribution in [0.15, 0.2) is 48.9 Å². The minimum atomic E-state index is -0.407. The zero-order chi connectivity index (χ0) is 13.8. The van der Waals surface area contributed by atoms with E-state index >= 15 is 0 Å². The zero-order valence-corrected chi connectivity index (χ0v) is 11.5. The van der Waals surface area contributed by atoms with Crippen molar-refractivity contribution in [2.75, 3.05) is 0 Å². The van der Waals surface area contributed by atoms with Gasteiger partial charge >= 0.3 is 0 Å². The van der Waals surface area contributed by atoms with Gasteiger partial charge in [-0.25, -0.2) is 4.98 Å². The standard InChI is InChI=1S/C17H18N2O/c20-16(15-13-18-11-12-19-15)17(9-5-2-6-10-17)14-7-3-1-4-8-14/h1,3-4,7-8,11-13H,2,5-6,9-10H2. The smallest absolute Gasteiger partial charge is 0.193 e. The number of rotatable bonds is 3. The van der Waals surface area contributed by atoms with Gasteiger partial charge in [0, 0.05) is 12.4 Å². The molecular weight excluding hydrogens is 248 g/mol. The number of carbonyl (C=O) groups is 1. The second kappa shape index (κ2) is 5.53. The average Bonchev–Trinajstić information content (AvgIpc) is 2.56. The number of ketones is 1. The van der Waals surface area contributed by atoms with Gasteiger partial charge < -0.3 is 0 Å². The van der Waals surface area contributed by atoms with E-state index in [9.17, 15) is 4.79 Å². The van der Waals surface area contributed by atoms with E-state index in [1.165, 1.54) is 6.42 Å². The number of carbonyl (C=O) groups excluding carboxylic acids is 1. The maximum atomic E-state index is 13.0. The van der Waals surface area contributed by atoms with Crippen LogP contribution in [0.3, 0.4) is 0 Å². The molecule has 0 saturated heterocycles. The molecule has 1 aromatic heterocycles. The van der Waals surface area contributed by atoms with Gasteiger partial charge in [0.1, 0.15) is 5.69 Å². The summed E-state index contributed by atoms with van der Waals surface area (Å²) < 4.78 is 0. The van der Waals surface area contributed by atoms with Crippen molar-refractivity contribution >= 4 is 5.78 Å². The summed E-state index contributed by atoms with van der Waals surface area (Å²) in [4.78, 5) is 21.3. The van der Waals surface area contributed by atoms with Gasteiger partial charge in [-0.1, -0.05) is 49.6 Å². The molecule has 2 aromatic rings. The molecule has 0 N–H and O–H groups in total. The third kappa shape index (κ3) is 2.24. The maximum absolute atomic E-state index is 13.0. The van der Waals surface area contributed by atoms with Gasteiger partial charge in [0.05, 0.1) is 11.6 Å². The normalized spacial score (nSPS) is 17.6. The SMILES string of the molecule is O=C(c1cnccn1)C1(c2ccccc2)CCCCC1. The number of aromatic nitrogens is 2. The van der Waals surface area contributed by atoms with Crippen LogP contribution in [0.4, 0.5) is 0 Å². The summed E-state index contributed by atoms with van der Waals surface area (Å²) in [5, 5.41) is 0. The average molecular weight is 266 g/mol. The Morgan fingerprint density at radius 1 is 1.00 bits per heavy atom. The van der Waals surface area contributed by atoms with Crippen molar-refractivity contribution in [3.05, 3.63) is 60.2 Å². The summed E-state index contributed by atoms with van der Waals surface area (Å²) >= 11 is 0. The Bertz CT molecular complexity index is 574. The first-order chi connectivity index (χ1) is 9.83. The molecular formula is C17H18N2O. The van der Waals surface area contributed by atoms with Gasteiger partial charge in [-0.05, 0) is 18.4 Å². The predicted octanol–water partition coefficient (Wildman–Crippen LogP) is 3.56. The van der Waals surface area contributed by atoms with Crippen molar-refractivity contribution in [2.24, 2.45) is 0 Å². The fourth-order valence-electron chi connectivity index (χ4n) is 3.22. The monoisotopic (exact) mass is 266 g/mol. The largest absolute Gasteiger partial charge is 0.291 e. The van der Waals surface area contributed by atoms with E-state index in [0.29, 0.717) is 5.69 Å². The molecule has 3 nitrogen and oxygen atoms in total. The van der Waals surface area contributed by atoms with Crippen molar-refractivity contribution in [3.63, 3.8) is 0 Å². The molecule has 1 aromatic carbocycles. The van der Waals surface area contributed by atoms with E-state index in [1.54, 1.807) is 18.6 Å². The van der Waals surface area contributed by atoms with E-state index in [-0.39, 0.29) is 5.78 Å². The first kappa shape index (κ1) is 13.0. The quantitative estimate of drug-likeness (QED) is 0.798. The van der Waals surface area contributed by atoms with Gasteiger partial charge in [-0.2, -0.15) is 0 Å². The first-order valence-electron chi connectivity index (χ1n) is 7.19. The van der Waals surface area contributed by atoms with E-state index in [0.717, 1.165) is 31.2 Å². The Hall–Kier alpha value is -2.03. The molecule has 0 amide bonds. The highest BCUT2D eigenvalue weighted by molar-refractivity contribution is 6.02. The highest BCUT2D eigenvalue weighted by atomic mass is 16.1. The molecule has 0 radical (unpaired) electrons. The van der Waals surface area contributed by atoms with Crippen molar-refractivity contribution in [1.29, 1.82) is 0 Å². The van der Waals surface area contributed by atoms with Gasteiger partial charge in [0.25, 0.3) is 0 Å². The maximum Gasteiger partial charge on any atom is 0.193 e. The Morgan fingerprint density at radius 2 is 1.75 bits per heavy atom. The van der Waals surface area contributed by atoms with Crippen LogP contribution in [0, 0.1) is 0 Å². The number of benzene rings is 1. The summed E-state index contributed by atoms with van der Waals surface area (Å²) in [6, 6.07) is 10.2. The third-order valence-corrected chi connectivity index (χ3v) is 4.26. The number of nitrogens with zero attached hydrogens (tertiary/aromatic N) is 2. The van der Waals surface area contributed by atoms with Crippen LogP contribution < -0.4 is 0 Å². The molecule has 0 atom stereocenters. The van der Waals surface area contributed by atoms with Crippen LogP contribution in [0.25, 0.3) is 0 Å². The molecule has 0 aliphatic heterocycles. The number of hydrogen-bond donors (Lipinski definition) is 0. The summed E-state index contributed by atoms with van der Waals surface area (Å²) in [7, 11) is 0. The molecule has 1 aliphatic carbocycles. The number of hydrogen-bond acceptors (Lipinski definition) is 3. The highest BCUT2D eigenvalue weighted by Crippen LogP contribution is 2.41. The molecule has 0 unspecified atom stereocenters. The first-order valence-corrected chi connectivity index (χ1v) is 7.19. The van der Waals surface area contributed by atoms with Crippen LogP contribution in [-0.4, -0.2) is 15.8 Å². The molecule has 1 fully saturated rings. The van der Waals surface area contributed by atoms with Crippen molar-refractivity contribution in [2.45, 2.75) is 37.5 Å². The predicted molar refractivity (Wildman–Crippen MR) is 77.6 cm³/mol. The van der Waals surface area contributed by atoms with Gasteiger partial charge in [-0.15, -0.1) is 0 Å². The van der Waals surface area contributed by atoms with Gasteiger partial charge in [0.15, 0.2) is 5.78 Å². The van der Waals surface area contributed by atoms with Crippen LogP contribution in [0.2, 0.25) is 0 Å². The van der Waals surface area contributed by atoms with Crippen molar-refractivity contribution < 1.29 is 4.79 Å². The fourth-order valence-corrected chi connectivity index (χ4v) is 3.22. The molecule has 1 saturated carbocycles. The second-order valence-corrected chi connectivity index (χ2v) is 5.43. The van der Waals surface area contributed by atoms with Crippen molar-refractivity contribution in [1.82, 2.24) is 9.97 Å². The van der Waals surface area contributed by atoms with E-state index in [4.69, 9.17) is 0 Å². The van der Waals surface area contributed by atoms with E-state index in [1.807, 2.05) is 18.2 Å². The number of Topliss-reactive ketones (excluding diaryl/α,β-unsaturated/α-hetero) is 1. The minimum absolute atomic E-state index is 0.122. The van der Waals surface area contributed by atoms with Crippen molar-refractivity contribution in [3.8, 4) is 0 Å². The van der Waals surface area contributed by atoms with Crippen LogP contribution >= 0.6 is 0 Å². The Morgan fingerprint density at radius 3 is 2.40 bits per heavy atom. The van der Waals surface area contributed by atoms with Gasteiger partial charge in [0.2, 0.25) is 0 Å². The lowest BCUT2D eigenvalue weighted by molar-refractivity contribution is 0.0833. The topological polar surface area (TPSA) is 42.9 Å². The fraction of sp³-hybridized carbons (Fsp3) is 0.353. The van der Waals surface area contributed by atoms with Crippen LogP contribution in [0.5, 0.6) is 0 Å². The molecule has 20 heavy (non-hydrogen) atoms. The van der Waals surface area contributed by atoms with Crippen LogP contribution in [-0.2, 0) is 5.41 Å². The van der Waals surface area contributed by atoms with E-state index in [2.05, 4.69) is 22.1 Å². The molecule has 0 spiro atoms. The summed E-state index contributed by atoms with van der Waals surface area (Å²) in [5.74, 6) is 0.122.